The van der Waals surface area contributed by atoms with Crippen molar-refractivity contribution in [2.45, 2.75) is 27.4 Å². The van der Waals surface area contributed by atoms with Crippen molar-refractivity contribution in [1.82, 2.24) is 0 Å². The third kappa shape index (κ3) is 2.88. The molecule has 0 fully saturated rings. The van der Waals surface area contributed by atoms with E-state index in [4.69, 9.17) is 4.74 Å². The van der Waals surface area contributed by atoms with E-state index in [1.54, 1.807) is 0 Å². The van der Waals surface area contributed by atoms with Crippen LogP contribution in [0, 0.1) is 26.8 Å². The smallest absolute Gasteiger partial charge is 0.119 e. The topological polar surface area (TPSA) is 9.23 Å². The summed E-state index contributed by atoms with van der Waals surface area (Å²) in [6.07, 6.45) is 0. The molecule has 87 valence electrons. The van der Waals surface area contributed by atoms with Crippen LogP contribution in [0.3, 0.4) is 0 Å². The standard InChI is InChI=1S/C16H17O/c1-12-9-15(10-13(2)14(12)3)11-17-16-7-5-4-6-8-16/h5-10H,11H2,1-3H3. The highest BCUT2D eigenvalue weighted by Crippen LogP contribution is 2.17. The van der Waals surface area contributed by atoms with Crippen molar-refractivity contribution < 1.29 is 4.74 Å². The first-order valence-electron chi connectivity index (χ1n) is 5.82. The molecule has 1 radical (unpaired) electrons. The summed E-state index contributed by atoms with van der Waals surface area (Å²) in [6, 6.07) is 14.9. The predicted octanol–water partition coefficient (Wildman–Crippen LogP) is 3.99. The van der Waals surface area contributed by atoms with Gasteiger partial charge in [-0.3, -0.25) is 0 Å². The highest BCUT2D eigenvalue weighted by atomic mass is 16.5. The van der Waals surface area contributed by atoms with Crippen molar-refractivity contribution >= 4 is 0 Å². The Labute approximate surface area is 103 Å². The van der Waals surface area contributed by atoms with Gasteiger partial charge >= 0.3 is 0 Å². The summed E-state index contributed by atoms with van der Waals surface area (Å²) in [4.78, 5) is 0. The van der Waals surface area contributed by atoms with E-state index < -0.39 is 0 Å². The third-order valence-corrected chi connectivity index (χ3v) is 3.08. The number of benzene rings is 2. The van der Waals surface area contributed by atoms with Crippen LogP contribution < -0.4 is 4.74 Å². The number of hydrogen-bond acceptors (Lipinski definition) is 1. The summed E-state index contributed by atoms with van der Waals surface area (Å²) in [5, 5.41) is 0. The quantitative estimate of drug-likeness (QED) is 0.767. The van der Waals surface area contributed by atoms with Gasteiger partial charge in [-0.2, -0.15) is 0 Å². The minimum Gasteiger partial charge on any atom is -0.489 e. The lowest BCUT2D eigenvalue weighted by molar-refractivity contribution is 0.306. The molecule has 0 atom stereocenters. The molecule has 17 heavy (non-hydrogen) atoms. The summed E-state index contributed by atoms with van der Waals surface area (Å²) >= 11 is 0. The molecule has 0 bridgehead atoms. The zero-order chi connectivity index (χ0) is 12.3. The van der Waals surface area contributed by atoms with Crippen LogP contribution in [0.1, 0.15) is 22.3 Å². The van der Waals surface area contributed by atoms with Crippen LogP contribution in [0.5, 0.6) is 5.75 Å². The van der Waals surface area contributed by atoms with E-state index in [2.05, 4.69) is 39.0 Å². The second-order valence-corrected chi connectivity index (χ2v) is 4.38. The molecule has 0 aromatic heterocycles. The number of hydrogen-bond donors (Lipinski definition) is 0. The zero-order valence-electron chi connectivity index (χ0n) is 10.6. The molecule has 0 unspecified atom stereocenters. The fourth-order valence-electron chi connectivity index (χ4n) is 1.84. The molecule has 2 rings (SSSR count). The fourth-order valence-corrected chi connectivity index (χ4v) is 1.84. The highest BCUT2D eigenvalue weighted by Gasteiger charge is 2.01. The van der Waals surface area contributed by atoms with E-state index in [9.17, 15) is 0 Å². The third-order valence-electron chi connectivity index (χ3n) is 3.08. The largest absolute Gasteiger partial charge is 0.489 e. The molecular weight excluding hydrogens is 208 g/mol. The van der Waals surface area contributed by atoms with Gasteiger partial charge < -0.3 is 4.74 Å². The first-order valence-corrected chi connectivity index (χ1v) is 5.82. The molecule has 0 amide bonds. The molecule has 0 heterocycles. The normalized spacial score (nSPS) is 10.3. The van der Waals surface area contributed by atoms with Crippen molar-refractivity contribution in [1.29, 1.82) is 0 Å². The van der Waals surface area contributed by atoms with Crippen LogP contribution in [0.25, 0.3) is 0 Å². The molecule has 0 spiro atoms. The summed E-state index contributed by atoms with van der Waals surface area (Å²) in [6.45, 7) is 7.06. The van der Waals surface area contributed by atoms with Crippen molar-refractivity contribution in [3.8, 4) is 5.75 Å². The molecule has 0 N–H and O–H groups in total. The Hall–Kier alpha value is -1.76. The average molecular weight is 225 g/mol. The maximum atomic E-state index is 5.72. The second-order valence-electron chi connectivity index (χ2n) is 4.38. The predicted molar refractivity (Wildman–Crippen MR) is 70.3 cm³/mol. The molecule has 1 heteroatoms. The summed E-state index contributed by atoms with van der Waals surface area (Å²) in [7, 11) is 0. The zero-order valence-corrected chi connectivity index (χ0v) is 10.6. The van der Waals surface area contributed by atoms with Gasteiger partial charge in [-0.25, -0.2) is 0 Å². The first kappa shape index (κ1) is 11.7. The Balaban J connectivity index is 2.10. The van der Waals surface area contributed by atoms with Gasteiger partial charge in [0.2, 0.25) is 0 Å². The number of rotatable bonds is 3. The van der Waals surface area contributed by atoms with Crippen molar-refractivity contribution in [2.24, 2.45) is 0 Å². The van der Waals surface area contributed by atoms with Gasteiger partial charge in [-0.15, -0.1) is 0 Å². The molecule has 0 saturated carbocycles. The SMILES string of the molecule is Cc1cc(COc2cc[c]cc2)cc(C)c1C. The Morgan fingerprint density at radius 2 is 1.59 bits per heavy atom. The minimum absolute atomic E-state index is 0.617. The van der Waals surface area contributed by atoms with Gasteiger partial charge in [0.25, 0.3) is 0 Å². The number of ether oxygens (including phenoxy) is 1. The Morgan fingerprint density at radius 3 is 2.18 bits per heavy atom. The second kappa shape index (κ2) is 5.05. The van der Waals surface area contributed by atoms with Gasteiger partial charge in [0, 0.05) is 0 Å². The lowest BCUT2D eigenvalue weighted by Crippen LogP contribution is -1.98. The van der Waals surface area contributed by atoms with Crippen LogP contribution in [0.15, 0.2) is 36.4 Å². The monoisotopic (exact) mass is 225 g/mol. The summed E-state index contributed by atoms with van der Waals surface area (Å²) in [5.74, 6) is 0.889. The molecular formula is C16H17O. The van der Waals surface area contributed by atoms with E-state index >= 15 is 0 Å². The van der Waals surface area contributed by atoms with Crippen LogP contribution in [-0.4, -0.2) is 0 Å². The Morgan fingerprint density at radius 1 is 1.00 bits per heavy atom. The van der Waals surface area contributed by atoms with Gasteiger partial charge in [0.15, 0.2) is 0 Å². The molecule has 0 aliphatic carbocycles. The lowest BCUT2D eigenvalue weighted by Gasteiger charge is -2.10. The first-order chi connectivity index (χ1) is 8.16. The molecule has 2 aromatic carbocycles. The van der Waals surface area contributed by atoms with Gasteiger partial charge in [0.1, 0.15) is 12.4 Å². The van der Waals surface area contributed by atoms with E-state index in [1.807, 2.05) is 24.3 Å². The van der Waals surface area contributed by atoms with Crippen molar-refractivity contribution in [3.05, 3.63) is 64.7 Å². The van der Waals surface area contributed by atoms with Crippen LogP contribution in [-0.2, 0) is 6.61 Å². The van der Waals surface area contributed by atoms with E-state index in [1.165, 1.54) is 22.3 Å². The molecule has 2 aromatic rings. The number of aryl methyl sites for hydroxylation is 2. The van der Waals surface area contributed by atoms with Crippen LogP contribution >= 0.6 is 0 Å². The maximum Gasteiger partial charge on any atom is 0.119 e. The van der Waals surface area contributed by atoms with E-state index in [0.29, 0.717) is 6.61 Å². The van der Waals surface area contributed by atoms with Gasteiger partial charge in [0.05, 0.1) is 0 Å². The molecule has 1 nitrogen and oxygen atoms in total. The van der Waals surface area contributed by atoms with Gasteiger partial charge in [-0.1, -0.05) is 24.3 Å². The fraction of sp³-hybridized carbons (Fsp3) is 0.250. The minimum atomic E-state index is 0.617. The van der Waals surface area contributed by atoms with Crippen molar-refractivity contribution in [2.75, 3.05) is 0 Å². The highest BCUT2D eigenvalue weighted by molar-refractivity contribution is 5.36. The maximum absolute atomic E-state index is 5.72. The van der Waals surface area contributed by atoms with Crippen LogP contribution in [0.4, 0.5) is 0 Å². The summed E-state index contributed by atoms with van der Waals surface area (Å²) < 4.78 is 5.72. The van der Waals surface area contributed by atoms with E-state index in [0.717, 1.165) is 5.75 Å². The lowest BCUT2D eigenvalue weighted by atomic mass is 10.0. The average Bonchev–Trinajstić information content (AvgIpc) is 2.34. The molecule has 0 saturated heterocycles. The van der Waals surface area contributed by atoms with Gasteiger partial charge in [-0.05, 0) is 61.2 Å². The Kier molecular flexibility index (Phi) is 3.48. The molecule has 0 aliphatic rings. The van der Waals surface area contributed by atoms with Crippen LogP contribution in [0.2, 0.25) is 0 Å². The molecule has 0 aliphatic heterocycles. The Bertz CT molecular complexity index is 477. The van der Waals surface area contributed by atoms with E-state index in [-0.39, 0.29) is 0 Å². The summed E-state index contributed by atoms with van der Waals surface area (Å²) in [5.41, 5.74) is 5.23. The van der Waals surface area contributed by atoms with Crippen molar-refractivity contribution in [3.63, 3.8) is 0 Å².